The van der Waals surface area contributed by atoms with Gasteiger partial charge in [-0.25, -0.2) is 56.1 Å². The van der Waals surface area contributed by atoms with Gasteiger partial charge in [0, 0.05) is 81.5 Å². The summed E-state index contributed by atoms with van der Waals surface area (Å²) in [5, 5.41) is 44.0. The molecule has 14 aromatic heterocycles. The maximum absolute atomic E-state index is 15.0. The van der Waals surface area contributed by atoms with Crippen LogP contribution in [0.25, 0.3) is 154 Å². The number of carboxylic acids is 4. The number of rotatable bonds is 16. The highest BCUT2D eigenvalue weighted by molar-refractivity contribution is 6.37. The first-order chi connectivity index (χ1) is 65.7. The third-order valence-electron chi connectivity index (χ3n) is 23.6. The lowest BCUT2D eigenvalue weighted by Gasteiger charge is -2.12. The van der Waals surface area contributed by atoms with Crippen molar-refractivity contribution in [3.63, 3.8) is 0 Å². The van der Waals surface area contributed by atoms with Gasteiger partial charge in [-0.1, -0.05) is 71.2 Å². The van der Waals surface area contributed by atoms with Crippen LogP contribution in [0.2, 0.25) is 15.2 Å². The molecular weight excluding hydrogens is 1830 g/mol. The molecule has 0 fully saturated rings. The van der Waals surface area contributed by atoms with Gasteiger partial charge in [-0.2, -0.15) is 0 Å². The van der Waals surface area contributed by atoms with Crippen molar-refractivity contribution < 1.29 is 79.5 Å². The minimum Gasteiger partial charge on any atom is -0.492 e. The number of hydrogen-bond donors (Lipinski definition) is 10. The van der Waals surface area contributed by atoms with E-state index in [0.29, 0.717) is 77.6 Å². The number of furan rings is 3. The number of hydrogen-bond acceptors (Lipinski definition) is 16. The first-order valence-electron chi connectivity index (χ1n) is 41.1. The summed E-state index contributed by atoms with van der Waals surface area (Å²) < 4.78 is 101. The fraction of sp³-hybridized carbons (Fsp3) is 0.0612. The van der Waals surface area contributed by atoms with E-state index >= 15 is 8.78 Å². The molecule has 0 bridgehead atoms. The van der Waals surface area contributed by atoms with Gasteiger partial charge in [0.15, 0.2) is 0 Å². The van der Waals surface area contributed by atoms with E-state index in [4.69, 9.17) is 52.8 Å². The maximum atomic E-state index is 15.0. The van der Waals surface area contributed by atoms with Crippen molar-refractivity contribution in [3.8, 4) is 50.3 Å². The highest BCUT2D eigenvalue weighted by Gasteiger charge is 2.36. The van der Waals surface area contributed by atoms with Crippen LogP contribution in [0.1, 0.15) is 69.9 Å². The zero-order valence-electron chi connectivity index (χ0n) is 69.4. The fourth-order valence-electron chi connectivity index (χ4n) is 17.8. The molecule has 674 valence electrons. The van der Waals surface area contributed by atoms with Crippen molar-refractivity contribution >= 4 is 168 Å². The van der Waals surface area contributed by atoms with E-state index in [-0.39, 0.29) is 158 Å². The number of pyridine rings is 5. The molecule has 0 amide bonds. The number of benzene rings is 8. The Morgan fingerprint density at radius 1 is 0.404 bits per heavy atom. The summed E-state index contributed by atoms with van der Waals surface area (Å²) in [7, 11) is 0. The Bertz CT molecular complexity index is 9190. The summed E-state index contributed by atoms with van der Waals surface area (Å²) in [5.41, 5.74) is 4.04. The quantitative estimate of drug-likeness (QED) is 0.0317. The highest BCUT2D eigenvalue weighted by Crippen LogP contribution is 2.48. The van der Waals surface area contributed by atoms with E-state index < -0.39 is 87.4 Å². The monoisotopic (exact) mass is 1890 g/mol. The van der Waals surface area contributed by atoms with Gasteiger partial charge in [-0.3, -0.25) is 24.0 Å². The number of nitrogens with zero attached hydrogens (tertiary/aromatic N) is 7. The topological polar surface area (TPSA) is 436 Å². The van der Waals surface area contributed by atoms with E-state index in [9.17, 15) is 76.7 Å². The van der Waals surface area contributed by atoms with Gasteiger partial charge in [-0.05, 0) is 151 Å². The van der Waals surface area contributed by atoms with Crippen LogP contribution < -0.4 is 32.5 Å². The van der Waals surface area contributed by atoms with Gasteiger partial charge in [0.05, 0.1) is 160 Å². The van der Waals surface area contributed by atoms with Gasteiger partial charge >= 0.3 is 23.9 Å². The molecule has 1 aliphatic heterocycles. The van der Waals surface area contributed by atoms with Crippen molar-refractivity contribution in [1.82, 2.24) is 63.1 Å². The van der Waals surface area contributed by atoms with E-state index in [1.807, 2.05) is 42.5 Å². The predicted octanol–water partition coefficient (Wildman–Crippen LogP) is 19.5. The highest BCUT2D eigenvalue weighted by atomic mass is 35.5. The summed E-state index contributed by atoms with van der Waals surface area (Å²) in [6.45, 7) is -0.0613. The van der Waals surface area contributed by atoms with Crippen molar-refractivity contribution in [1.29, 1.82) is 0 Å². The number of carboxylic acid groups (broad SMARTS) is 4. The summed E-state index contributed by atoms with van der Waals surface area (Å²) in [6, 6.07) is 45.2. The third kappa shape index (κ3) is 14.9. The van der Waals surface area contributed by atoms with E-state index in [1.54, 1.807) is 65.2 Å². The number of halogens is 8. The smallest absolute Gasteiger partial charge is 0.353 e. The van der Waals surface area contributed by atoms with Crippen LogP contribution in [-0.4, -0.2) is 114 Å². The van der Waals surface area contributed by atoms with E-state index in [1.165, 1.54) is 101 Å². The molecule has 30 nitrogen and oxygen atoms in total. The zero-order chi connectivity index (χ0) is 94.7. The molecule has 0 aliphatic carbocycles. The van der Waals surface area contributed by atoms with Crippen LogP contribution in [0.5, 0.6) is 5.75 Å². The second-order valence-electron chi connectivity index (χ2n) is 31.3. The minimum atomic E-state index is -1.47. The number of ether oxygens (including phenoxy) is 1. The van der Waals surface area contributed by atoms with Gasteiger partial charge in [0.1, 0.15) is 91.5 Å². The Morgan fingerprint density at radius 3 is 1.45 bits per heavy atom. The lowest BCUT2D eigenvalue weighted by atomic mass is 10.0. The molecule has 0 atom stereocenters. The summed E-state index contributed by atoms with van der Waals surface area (Å²) in [6.07, 6.45) is 11.7. The van der Waals surface area contributed by atoms with E-state index in [0.717, 1.165) is 58.0 Å². The van der Waals surface area contributed by atoms with Crippen molar-refractivity contribution in [2.45, 2.75) is 32.6 Å². The molecule has 10 N–H and O–H groups in total. The van der Waals surface area contributed by atoms with Crippen molar-refractivity contribution in [2.24, 2.45) is 0 Å². The number of nitrogens with one attached hydrogen (secondary N) is 6. The lowest BCUT2D eigenvalue weighted by molar-refractivity contribution is 0.0676. The van der Waals surface area contributed by atoms with E-state index in [2.05, 4.69) is 44.9 Å². The number of para-hydroxylation sites is 3. The van der Waals surface area contributed by atoms with Gasteiger partial charge in [0.25, 0.3) is 27.8 Å². The molecule has 0 unspecified atom stereocenters. The Hall–Kier alpha value is -17.4. The number of fused-ring (bicyclic) bond motifs is 15. The SMILES string of the molecule is O=C(O)c1c(-c2ccc[nH]c2=O)c2c3c(ccc2n1Cc1cc2ccccc2nc1Cl)CCO3.O=C(O)c1c(-c2ccc[nH]c2=O)c2c3occ(Cl)c3c(F)cc2n1Cc1cc(F)ccc1F.O=C(O)c1c(-c2ccc[nH]c2=O)c2c3occc3c(F)cc2n1Cc1cc2[nH]cnc2cc1Cl.O=C(O)c1c(-c2ccc[nH]c2=O)c2c3occc3c(F)cc2n1Cc1nc2ccccc2[nH]c1=O. The average Bonchev–Trinajstić information content (AvgIpc) is 1.56. The maximum Gasteiger partial charge on any atom is 0.353 e. The molecule has 23 rings (SSSR count). The average molecular weight is 1890 g/mol. The Labute approximate surface area is 768 Å². The minimum absolute atomic E-state index is 0.000162. The summed E-state index contributed by atoms with van der Waals surface area (Å²) >= 11 is 19.1. The Morgan fingerprint density at radius 2 is 0.897 bits per heavy atom. The Balaban J connectivity index is 0.000000112. The second kappa shape index (κ2) is 34.4. The molecule has 0 radical (unpaired) electrons. The number of aromatic nitrogens is 13. The van der Waals surface area contributed by atoms with Crippen LogP contribution >= 0.6 is 34.8 Å². The largest absolute Gasteiger partial charge is 0.492 e. The third-order valence-corrected chi connectivity index (χ3v) is 24.5. The van der Waals surface area contributed by atoms with Gasteiger partial charge in [-0.15, -0.1) is 0 Å². The molecule has 15 heterocycles. The summed E-state index contributed by atoms with van der Waals surface area (Å²) in [4.78, 5) is 143. The molecule has 38 heteroatoms. The first kappa shape index (κ1) is 86.6. The number of imidazole rings is 1. The molecule has 22 aromatic rings. The van der Waals surface area contributed by atoms with Crippen LogP contribution in [0.4, 0.5) is 22.0 Å². The standard InChI is InChI=1S/C26H18ClN3O4.C25H15FN4O5.C24H14ClFN4O4.C23H12ClF3N2O4/c27-24-16(12-15-4-1-2-6-18(15)29-24)13-30-19-8-7-14-9-11-34-23(14)21(19)20(22(30)26(32)33)17-5-3-10-28-25(17)31;26-14-10-18-20(22-12(14)7-9-35-22)19(13-4-3-8-27-23(13)31)21(25(33)34)30(18)11-17-24(32)29-16-6-2-1-5-15(16)28-17;25-14-7-17-16(28-10-29-17)6-11(14)9-30-18-8-15(26)12-3-5-34-22(12)20(18)19(21(30)24(32)33)13-2-1-4-27-23(13)31;24-13-9-33-21-18(13)15(27)7-16-19(21)17(12-2-1-5-28-22(12)30)20(23(31)32)29(16)8-10-6-11(25)3-4-14(10)26/h1-8,10,12H,9,11,13H2,(H,28,31)(H,32,33);1-10H,11H2,(H,27,31)(H,29,32)(H,33,34);1-8,10H,9H2,(H,27,31)(H,28,29)(H,32,33);1-7,9H,8H2,(H,28,30)(H,31,32). The lowest BCUT2D eigenvalue weighted by Crippen LogP contribution is -2.20. The fourth-order valence-corrected chi connectivity index (χ4v) is 18.4. The van der Waals surface area contributed by atoms with Crippen LogP contribution in [0, 0.1) is 29.1 Å². The number of H-pyrrole nitrogens is 6. The number of aromatic amines is 6. The molecule has 8 aromatic carbocycles. The number of aromatic carboxylic acids is 4. The normalized spacial score (nSPS) is 11.9. The molecule has 0 saturated carbocycles. The van der Waals surface area contributed by atoms with Crippen LogP contribution in [0.15, 0.2) is 263 Å². The molecule has 1 aliphatic rings. The molecule has 136 heavy (non-hydrogen) atoms. The molecular formula is C98H59Cl3F5N13O17. The first-order valence-corrected chi connectivity index (χ1v) is 42.2. The zero-order valence-corrected chi connectivity index (χ0v) is 71.6. The second-order valence-corrected chi connectivity index (χ2v) is 32.5. The van der Waals surface area contributed by atoms with Crippen LogP contribution in [-0.2, 0) is 32.6 Å². The van der Waals surface area contributed by atoms with Gasteiger partial charge < -0.3 is 86.6 Å². The molecule has 0 saturated heterocycles. The summed E-state index contributed by atoms with van der Waals surface area (Å²) in [5.74, 6) is -8.16. The number of carbonyl (C=O) groups is 4. The predicted molar refractivity (Wildman–Crippen MR) is 496 cm³/mol. The van der Waals surface area contributed by atoms with Crippen LogP contribution in [0.3, 0.4) is 0 Å². The van der Waals surface area contributed by atoms with Crippen molar-refractivity contribution in [2.75, 3.05) is 6.61 Å². The Kier molecular flexibility index (Phi) is 21.9. The molecule has 0 spiro atoms. The van der Waals surface area contributed by atoms with Gasteiger partial charge in [0.2, 0.25) is 0 Å². The van der Waals surface area contributed by atoms with Crippen molar-refractivity contribution in [3.05, 3.63) is 373 Å².